The fraction of sp³-hybridized carbons (Fsp3) is 0.0769. The van der Waals surface area contributed by atoms with Crippen LogP contribution in [-0.2, 0) is 0 Å². The van der Waals surface area contributed by atoms with E-state index in [-0.39, 0.29) is 5.92 Å². The molecule has 0 fully saturated rings. The van der Waals surface area contributed by atoms with Crippen LogP contribution >= 0.6 is 0 Å². The van der Waals surface area contributed by atoms with Crippen molar-refractivity contribution in [3.05, 3.63) is 222 Å². The van der Waals surface area contributed by atoms with E-state index in [2.05, 4.69) is 224 Å². The number of anilines is 2. The van der Waals surface area contributed by atoms with Crippen LogP contribution in [0.15, 0.2) is 199 Å². The van der Waals surface area contributed by atoms with Crippen LogP contribution in [0.4, 0.5) is 11.4 Å². The monoisotopic (exact) mass is 694 g/mol. The molecule has 7 aromatic carbocycles. The summed E-state index contributed by atoms with van der Waals surface area (Å²) in [6.07, 6.45) is 7.16. The van der Waals surface area contributed by atoms with Crippen molar-refractivity contribution >= 4 is 44.8 Å². The first-order chi connectivity index (χ1) is 26.6. The van der Waals surface area contributed by atoms with E-state index in [0.29, 0.717) is 0 Å². The molecule has 1 aromatic heterocycles. The lowest BCUT2D eigenvalue weighted by Crippen LogP contribution is -2.21. The molecule has 54 heavy (non-hydrogen) atoms. The van der Waals surface area contributed by atoms with Crippen molar-refractivity contribution in [2.24, 2.45) is 0 Å². The molecule has 1 unspecified atom stereocenters. The van der Waals surface area contributed by atoms with Gasteiger partial charge in [0.15, 0.2) is 0 Å². The quantitative estimate of drug-likeness (QED) is 0.168. The van der Waals surface area contributed by atoms with Crippen LogP contribution in [0.5, 0.6) is 0 Å². The van der Waals surface area contributed by atoms with Gasteiger partial charge >= 0.3 is 0 Å². The Kier molecular flexibility index (Phi) is 8.65. The second-order valence-corrected chi connectivity index (χ2v) is 14.3. The lowest BCUT2D eigenvalue weighted by molar-refractivity contribution is 0.950. The summed E-state index contributed by atoms with van der Waals surface area (Å²) in [6.45, 7) is 6.80. The second kappa shape index (κ2) is 14.1. The molecule has 0 amide bonds. The van der Waals surface area contributed by atoms with Crippen molar-refractivity contribution < 1.29 is 0 Å². The SMILES string of the molecule is CC1=C(c2ccccc2C)/C(=C/C(C)c2ccccc2)N(c2ccccc2)c2ccc3c(c2C=C1)c1ccccc1n3-c1ccc(-c2ccccc2)cc1. The topological polar surface area (TPSA) is 8.17 Å². The van der Waals surface area contributed by atoms with Gasteiger partial charge in [-0.2, -0.15) is 0 Å². The highest BCUT2D eigenvalue weighted by Crippen LogP contribution is 2.47. The smallest absolute Gasteiger partial charge is 0.0548 e. The van der Waals surface area contributed by atoms with Gasteiger partial charge in [-0.05, 0) is 89.7 Å². The molecule has 0 radical (unpaired) electrons. The fourth-order valence-electron chi connectivity index (χ4n) is 8.19. The molecule has 260 valence electrons. The summed E-state index contributed by atoms with van der Waals surface area (Å²) in [5.41, 5.74) is 16.8. The molecule has 0 aliphatic carbocycles. The third-order valence-electron chi connectivity index (χ3n) is 10.9. The van der Waals surface area contributed by atoms with Crippen LogP contribution < -0.4 is 4.90 Å². The molecule has 1 aliphatic heterocycles. The Bertz CT molecular complexity index is 2710. The van der Waals surface area contributed by atoms with Gasteiger partial charge in [0, 0.05) is 39.2 Å². The Morgan fingerprint density at radius 1 is 0.519 bits per heavy atom. The van der Waals surface area contributed by atoms with Gasteiger partial charge in [0.25, 0.3) is 0 Å². The summed E-state index contributed by atoms with van der Waals surface area (Å²) in [7, 11) is 0. The summed E-state index contributed by atoms with van der Waals surface area (Å²) in [6, 6.07) is 63.6. The first-order valence-electron chi connectivity index (χ1n) is 18.9. The van der Waals surface area contributed by atoms with Gasteiger partial charge in [0.2, 0.25) is 0 Å². The highest BCUT2D eigenvalue weighted by molar-refractivity contribution is 6.15. The number of para-hydroxylation sites is 2. The molecular formula is C52H42N2. The summed E-state index contributed by atoms with van der Waals surface area (Å²) < 4.78 is 2.43. The minimum Gasteiger partial charge on any atom is -0.310 e. The van der Waals surface area contributed by atoms with Crippen LogP contribution in [-0.4, -0.2) is 4.57 Å². The number of aromatic nitrogens is 1. The van der Waals surface area contributed by atoms with Crippen molar-refractivity contribution in [1.29, 1.82) is 0 Å². The third kappa shape index (κ3) is 5.87. The van der Waals surface area contributed by atoms with Crippen molar-refractivity contribution in [3.8, 4) is 16.8 Å². The van der Waals surface area contributed by atoms with Crippen LogP contribution in [0.1, 0.15) is 42.0 Å². The maximum atomic E-state index is 2.50. The maximum absolute atomic E-state index is 2.50. The van der Waals surface area contributed by atoms with Crippen LogP contribution in [0, 0.1) is 6.92 Å². The number of fused-ring (bicyclic) bond motifs is 5. The Hall–Kier alpha value is -6.64. The largest absolute Gasteiger partial charge is 0.310 e. The second-order valence-electron chi connectivity index (χ2n) is 14.3. The number of aryl methyl sites for hydroxylation is 1. The predicted molar refractivity (Wildman–Crippen MR) is 231 cm³/mol. The van der Waals surface area contributed by atoms with Gasteiger partial charge in [-0.1, -0.05) is 159 Å². The minimum atomic E-state index is 0.163. The predicted octanol–water partition coefficient (Wildman–Crippen LogP) is 14.1. The van der Waals surface area contributed by atoms with Crippen LogP contribution in [0.25, 0.3) is 50.3 Å². The number of allylic oxidation sites excluding steroid dienone is 4. The molecule has 2 heterocycles. The molecule has 2 heteroatoms. The molecule has 9 rings (SSSR count). The molecule has 0 bridgehead atoms. The molecule has 1 atom stereocenters. The number of nitrogens with zero attached hydrogens (tertiary/aromatic N) is 2. The Balaban J connectivity index is 1.34. The van der Waals surface area contributed by atoms with Gasteiger partial charge in [0.05, 0.1) is 22.4 Å². The van der Waals surface area contributed by atoms with Crippen molar-refractivity contribution in [1.82, 2.24) is 4.57 Å². The van der Waals surface area contributed by atoms with Crippen molar-refractivity contribution in [2.75, 3.05) is 4.90 Å². The molecular weight excluding hydrogens is 653 g/mol. The first kappa shape index (κ1) is 33.2. The molecule has 0 spiro atoms. The van der Waals surface area contributed by atoms with E-state index < -0.39 is 0 Å². The summed E-state index contributed by atoms with van der Waals surface area (Å²) >= 11 is 0. The van der Waals surface area contributed by atoms with Gasteiger partial charge in [-0.3, -0.25) is 0 Å². The minimum absolute atomic E-state index is 0.163. The Morgan fingerprint density at radius 3 is 1.89 bits per heavy atom. The number of hydrogen-bond acceptors (Lipinski definition) is 1. The average Bonchev–Trinajstić information content (AvgIpc) is 3.56. The summed E-state index contributed by atoms with van der Waals surface area (Å²) in [5, 5.41) is 2.48. The molecule has 2 nitrogen and oxygen atoms in total. The summed E-state index contributed by atoms with van der Waals surface area (Å²) in [4.78, 5) is 2.50. The first-order valence-corrected chi connectivity index (χ1v) is 18.9. The lowest BCUT2D eigenvalue weighted by atomic mass is 9.87. The van der Waals surface area contributed by atoms with E-state index >= 15 is 0 Å². The molecule has 0 N–H and O–H groups in total. The van der Waals surface area contributed by atoms with Gasteiger partial charge in [0.1, 0.15) is 0 Å². The number of hydrogen-bond donors (Lipinski definition) is 0. The van der Waals surface area contributed by atoms with Crippen molar-refractivity contribution in [3.63, 3.8) is 0 Å². The van der Waals surface area contributed by atoms with Gasteiger partial charge < -0.3 is 9.47 Å². The van der Waals surface area contributed by atoms with E-state index in [9.17, 15) is 0 Å². The normalized spacial score (nSPS) is 14.4. The Labute approximate surface area is 318 Å². The molecule has 1 aliphatic rings. The van der Waals surface area contributed by atoms with Gasteiger partial charge in [-0.15, -0.1) is 0 Å². The Morgan fingerprint density at radius 2 is 1.15 bits per heavy atom. The zero-order chi connectivity index (χ0) is 36.6. The van der Waals surface area contributed by atoms with E-state index in [1.54, 1.807) is 0 Å². The number of benzene rings is 7. The zero-order valence-corrected chi connectivity index (χ0v) is 30.9. The molecule has 0 saturated carbocycles. The van der Waals surface area contributed by atoms with Crippen LogP contribution in [0.2, 0.25) is 0 Å². The zero-order valence-electron chi connectivity index (χ0n) is 30.9. The summed E-state index contributed by atoms with van der Waals surface area (Å²) in [5.74, 6) is 0.163. The van der Waals surface area contributed by atoms with Crippen LogP contribution in [0.3, 0.4) is 0 Å². The van der Waals surface area contributed by atoms with E-state index in [1.807, 2.05) is 0 Å². The third-order valence-corrected chi connectivity index (χ3v) is 10.9. The maximum Gasteiger partial charge on any atom is 0.0548 e. The highest BCUT2D eigenvalue weighted by Gasteiger charge is 2.28. The van der Waals surface area contributed by atoms with E-state index in [0.717, 1.165) is 17.1 Å². The standard InChI is InChI=1S/C52H42N2/c1-36-17-13-14-24-44(36)51-37(2)27-32-46-48(54(42-22-11-6-12-23-42)50(51)35-38(3)39-18-7-4-8-19-39)33-34-49-52(46)45-25-15-16-26-47(45)53(49)43-30-28-41(29-31-43)40-20-9-5-10-21-40/h4-35,38H,1-3H3/b32-27?,50-35-,51-37?. The van der Waals surface area contributed by atoms with Crippen molar-refractivity contribution in [2.45, 2.75) is 26.7 Å². The molecule has 0 saturated heterocycles. The fourth-order valence-corrected chi connectivity index (χ4v) is 8.19. The molecule has 8 aromatic rings. The average molecular weight is 695 g/mol. The van der Waals surface area contributed by atoms with E-state index in [1.165, 1.54) is 72.0 Å². The van der Waals surface area contributed by atoms with Gasteiger partial charge in [-0.25, -0.2) is 0 Å². The van der Waals surface area contributed by atoms with E-state index in [4.69, 9.17) is 0 Å². The highest BCUT2D eigenvalue weighted by atomic mass is 15.2. The number of rotatable bonds is 6. The lowest BCUT2D eigenvalue weighted by Gasteiger charge is -2.34.